The molecule has 134 valence electrons. The van der Waals surface area contributed by atoms with E-state index in [9.17, 15) is 14.4 Å². The predicted molar refractivity (Wildman–Crippen MR) is 96.7 cm³/mol. The SMILES string of the molecule is CC1(C)C(=O)C2(C(=O)Nc3sc4c(c3C(N)=O)CCCC4)CCC1C2. The molecule has 2 saturated carbocycles. The highest BCUT2D eigenvalue weighted by Gasteiger charge is 2.65. The number of carbonyl (C=O) groups is 3. The zero-order valence-corrected chi connectivity index (χ0v) is 15.6. The monoisotopic (exact) mass is 360 g/mol. The largest absolute Gasteiger partial charge is 0.365 e. The summed E-state index contributed by atoms with van der Waals surface area (Å²) >= 11 is 1.46. The van der Waals surface area contributed by atoms with Crippen LogP contribution in [0.15, 0.2) is 0 Å². The Morgan fingerprint density at radius 3 is 2.60 bits per heavy atom. The molecule has 0 saturated heterocycles. The Labute approximate surface area is 151 Å². The lowest BCUT2D eigenvalue weighted by molar-refractivity contribution is -0.142. The second kappa shape index (κ2) is 5.40. The minimum absolute atomic E-state index is 0.0516. The number of Topliss-reactive ketones (excluding diaryl/α,β-unsaturated/α-hetero) is 1. The number of fused-ring (bicyclic) bond motifs is 3. The van der Waals surface area contributed by atoms with Crippen LogP contribution in [0.5, 0.6) is 0 Å². The Bertz CT molecular complexity index is 795. The highest BCUT2D eigenvalue weighted by molar-refractivity contribution is 7.17. The maximum Gasteiger partial charge on any atom is 0.251 e. The van der Waals surface area contributed by atoms with Crippen LogP contribution in [0.25, 0.3) is 0 Å². The minimum atomic E-state index is -0.923. The van der Waals surface area contributed by atoms with Crippen LogP contribution in [-0.2, 0) is 22.4 Å². The molecule has 0 spiro atoms. The summed E-state index contributed by atoms with van der Waals surface area (Å²) in [5, 5.41) is 3.48. The van der Waals surface area contributed by atoms with Crippen LogP contribution in [0.2, 0.25) is 0 Å². The fourth-order valence-electron chi connectivity index (χ4n) is 5.12. The second-order valence-corrected chi connectivity index (χ2v) is 9.41. The number of hydrogen-bond acceptors (Lipinski definition) is 4. The number of nitrogens with two attached hydrogens (primary N) is 1. The summed E-state index contributed by atoms with van der Waals surface area (Å²) in [6.45, 7) is 3.90. The number of hydrogen-bond donors (Lipinski definition) is 2. The normalized spacial score (nSPS) is 29.5. The number of thiophene rings is 1. The molecule has 3 N–H and O–H groups in total. The predicted octanol–water partition coefficient (Wildman–Crippen LogP) is 3.06. The third-order valence-corrected chi connectivity index (χ3v) is 7.84. The number of nitrogens with one attached hydrogen (secondary N) is 1. The first-order valence-electron chi connectivity index (χ1n) is 9.08. The van der Waals surface area contributed by atoms with Crippen molar-refractivity contribution >= 4 is 33.9 Å². The van der Waals surface area contributed by atoms with Crippen LogP contribution in [0.4, 0.5) is 5.00 Å². The Morgan fingerprint density at radius 2 is 1.96 bits per heavy atom. The Kier molecular flexibility index (Phi) is 3.62. The van der Waals surface area contributed by atoms with Crippen LogP contribution in [-0.4, -0.2) is 17.6 Å². The topological polar surface area (TPSA) is 89.3 Å². The van der Waals surface area contributed by atoms with E-state index < -0.39 is 16.7 Å². The molecule has 2 fully saturated rings. The molecule has 2 bridgehead atoms. The third kappa shape index (κ3) is 2.23. The lowest BCUT2D eigenvalue weighted by Crippen LogP contribution is -2.44. The van der Waals surface area contributed by atoms with Gasteiger partial charge in [0.1, 0.15) is 10.4 Å². The number of primary amides is 1. The van der Waals surface area contributed by atoms with Crippen molar-refractivity contribution < 1.29 is 14.4 Å². The summed E-state index contributed by atoms with van der Waals surface area (Å²) in [6.07, 6.45) is 6.04. The Morgan fingerprint density at radius 1 is 1.24 bits per heavy atom. The lowest BCUT2D eigenvalue weighted by atomic mass is 9.70. The van der Waals surface area contributed by atoms with Crippen molar-refractivity contribution in [2.45, 2.75) is 58.8 Å². The number of ketones is 1. The van der Waals surface area contributed by atoms with E-state index in [0.29, 0.717) is 23.4 Å². The van der Waals surface area contributed by atoms with Crippen LogP contribution < -0.4 is 11.1 Å². The van der Waals surface area contributed by atoms with E-state index in [1.54, 1.807) is 0 Å². The molecule has 6 heteroatoms. The van der Waals surface area contributed by atoms with Gasteiger partial charge in [0.15, 0.2) is 5.78 Å². The second-order valence-electron chi connectivity index (χ2n) is 8.31. The molecule has 2 unspecified atom stereocenters. The van der Waals surface area contributed by atoms with Gasteiger partial charge in [0.25, 0.3) is 5.91 Å². The van der Waals surface area contributed by atoms with E-state index in [2.05, 4.69) is 5.32 Å². The van der Waals surface area contributed by atoms with Gasteiger partial charge in [-0.15, -0.1) is 11.3 Å². The summed E-state index contributed by atoms with van der Waals surface area (Å²) in [7, 11) is 0. The fraction of sp³-hybridized carbons (Fsp3) is 0.632. The average Bonchev–Trinajstić information content (AvgIpc) is 3.20. The first-order chi connectivity index (χ1) is 11.8. The highest BCUT2D eigenvalue weighted by Crippen LogP contribution is 2.60. The number of amides is 2. The molecule has 2 amide bonds. The number of anilines is 1. The molecule has 0 radical (unpaired) electrons. The van der Waals surface area contributed by atoms with E-state index in [4.69, 9.17) is 5.73 Å². The van der Waals surface area contributed by atoms with E-state index in [-0.39, 0.29) is 17.6 Å². The van der Waals surface area contributed by atoms with Gasteiger partial charge in [0.05, 0.1) is 5.56 Å². The molecule has 0 aromatic carbocycles. The van der Waals surface area contributed by atoms with E-state index in [1.165, 1.54) is 11.3 Å². The van der Waals surface area contributed by atoms with E-state index >= 15 is 0 Å². The molecule has 2 atom stereocenters. The van der Waals surface area contributed by atoms with E-state index in [0.717, 1.165) is 42.5 Å². The molecule has 1 heterocycles. The quantitative estimate of drug-likeness (QED) is 0.812. The van der Waals surface area contributed by atoms with Gasteiger partial charge >= 0.3 is 0 Å². The molecular weight excluding hydrogens is 336 g/mol. The van der Waals surface area contributed by atoms with Crippen molar-refractivity contribution in [2.75, 3.05) is 5.32 Å². The summed E-state index contributed by atoms with van der Waals surface area (Å²) < 4.78 is 0. The molecular formula is C19H24N2O3S. The van der Waals surface area contributed by atoms with Crippen molar-refractivity contribution in [3.05, 3.63) is 16.0 Å². The number of aryl methyl sites for hydroxylation is 1. The summed E-state index contributed by atoms with van der Waals surface area (Å²) in [4.78, 5) is 39.2. The minimum Gasteiger partial charge on any atom is -0.365 e. The molecule has 3 aliphatic carbocycles. The van der Waals surface area contributed by atoms with Gasteiger partial charge in [-0.25, -0.2) is 0 Å². The number of carbonyl (C=O) groups excluding carboxylic acids is 3. The first kappa shape index (κ1) is 16.8. The van der Waals surface area contributed by atoms with Gasteiger partial charge in [-0.2, -0.15) is 0 Å². The van der Waals surface area contributed by atoms with Crippen LogP contribution in [0.3, 0.4) is 0 Å². The molecule has 25 heavy (non-hydrogen) atoms. The first-order valence-corrected chi connectivity index (χ1v) is 9.90. The summed E-state index contributed by atoms with van der Waals surface area (Å²) in [5.74, 6) is -0.408. The molecule has 1 aromatic rings. The smallest absolute Gasteiger partial charge is 0.251 e. The Balaban J connectivity index is 1.67. The van der Waals surface area contributed by atoms with Crippen molar-refractivity contribution in [3.8, 4) is 0 Å². The molecule has 0 aliphatic heterocycles. The van der Waals surface area contributed by atoms with Gasteiger partial charge in [-0.05, 0) is 56.4 Å². The van der Waals surface area contributed by atoms with Gasteiger partial charge < -0.3 is 11.1 Å². The van der Waals surface area contributed by atoms with Crippen LogP contribution in [0.1, 0.15) is 66.8 Å². The van der Waals surface area contributed by atoms with Crippen LogP contribution >= 0.6 is 11.3 Å². The molecule has 1 aromatic heterocycles. The number of rotatable bonds is 3. The zero-order chi connectivity index (χ0) is 18.0. The molecule has 5 nitrogen and oxygen atoms in total. The third-order valence-electron chi connectivity index (χ3n) is 6.63. The maximum absolute atomic E-state index is 13.1. The van der Waals surface area contributed by atoms with Gasteiger partial charge in [-0.3, -0.25) is 14.4 Å². The van der Waals surface area contributed by atoms with Crippen molar-refractivity contribution in [2.24, 2.45) is 22.5 Å². The standard InChI is InChI=1S/C19H24N2O3S/c1-18(2)10-7-8-19(9-10,16(18)23)17(24)21-15-13(14(20)22)11-5-3-4-6-12(11)25-15/h10H,3-9H2,1-2H3,(H2,20,22)(H,21,24). The summed E-state index contributed by atoms with van der Waals surface area (Å²) in [5.41, 5.74) is 5.71. The van der Waals surface area contributed by atoms with Gasteiger partial charge in [-0.1, -0.05) is 13.8 Å². The van der Waals surface area contributed by atoms with Gasteiger partial charge in [0.2, 0.25) is 5.91 Å². The van der Waals surface area contributed by atoms with E-state index in [1.807, 2.05) is 13.8 Å². The summed E-state index contributed by atoms with van der Waals surface area (Å²) in [6, 6.07) is 0. The van der Waals surface area contributed by atoms with Gasteiger partial charge in [0, 0.05) is 10.3 Å². The lowest BCUT2D eigenvalue weighted by Gasteiger charge is -2.32. The van der Waals surface area contributed by atoms with Crippen molar-refractivity contribution in [3.63, 3.8) is 0 Å². The Hall–Kier alpha value is -1.69. The highest BCUT2D eigenvalue weighted by atomic mass is 32.1. The fourth-order valence-corrected chi connectivity index (χ4v) is 6.41. The van der Waals surface area contributed by atoms with Crippen molar-refractivity contribution in [1.82, 2.24) is 0 Å². The average molecular weight is 360 g/mol. The molecule has 4 rings (SSSR count). The zero-order valence-electron chi connectivity index (χ0n) is 14.7. The molecule has 3 aliphatic rings. The van der Waals surface area contributed by atoms with Crippen LogP contribution in [0, 0.1) is 16.7 Å². The maximum atomic E-state index is 13.1. The van der Waals surface area contributed by atoms with Crippen molar-refractivity contribution in [1.29, 1.82) is 0 Å².